The summed E-state index contributed by atoms with van der Waals surface area (Å²) in [6, 6.07) is 8.39. The molecule has 0 aliphatic heterocycles. The summed E-state index contributed by atoms with van der Waals surface area (Å²) >= 11 is 0. The molecule has 106 valence electrons. The molecule has 0 aliphatic carbocycles. The zero-order valence-electron chi connectivity index (χ0n) is 11.4. The summed E-state index contributed by atoms with van der Waals surface area (Å²) in [4.78, 5) is 0.294. The van der Waals surface area contributed by atoms with Crippen LogP contribution in [-0.4, -0.2) is 25.2 Å². The molecule has 0 fully saturated rings. The third-order valence-electron chi connectivity index (χ3n) is 2.77. The molecule has 0 aliphatic rings. The van der Waals surface area contributed by atoms with Crippen LogP contribution in [0.4, 0.5) is 0 Å². The molecule has 2 aromatic rings. The molecule has 0 unspecified atom stereocenters. The first-order valence-electron chi connectivity index (χ1n) is 6.25. The molecule has 0 saturated carbocycles. The van der Waals surface area contributed by atoms with Crippen molar-refractivity contribution in [2.75, 3.05) is 6.61 Å². The van der Waals surface area contributed by atoms with E-state index in [0.717, 1.165) is 5.56 Å². The van der Waals surface area contributed by atoms with Crippen molar-refractivity contribution < 1.29 is 13.2 Å². The fraction of sp³-hybridized carbons (Fsp3) is 0.286. The number of rotatable bonds is 5. The zero-order chi connectivity index (χ0) is 14.6. The van der Waals surface area contributed by atoms with E-state index in [0.29, 0.717) is 17.1 Å². The second-order valence-electron chi connectivity index (χ2n) is 4.37. The van der Waals surface area contributed by atoms with Crippen molar-refractivity contribution in [1.29, 1.82) is 0 Å². The van der Waals surface area contributed by atoms with Gasteiger partial charge in [0, 0.05) is 5.56 Å². The SMILES string of the molecule is CCOc1nnccc1CS(=O)(=O)c1ccc(C)cc1. The van der Waals surface area contributed by atoms with Crippen LogP contribution >= 0.6 is 0 Å². The highest BCUT2D eigenvalue weighted by atomic mass is 32.2. The summed E-state index contributed by atoms with van der Waals surface area (Å²) in [6.07, 6.45) is 1.46. The lowest BCUT2D eigenvalue weighted by Gasteiger charge is -2.09. The van der Waals surface area contributed by atoms with Crippen molar-refractivity contribution in [3.63, 3.8) is 0 Å². The van der Waals surface area contributed by atoms with Crippen LogP contribution in [0.3, 0.4) is 0 Å². The van der Waals surface area contributed by atoms with Gasteiger partial charge in [0.1, 0.15) is 0 Å². The predicted molar refractivity (Wildman–Crippen MR) is 75.3 cm³/mol. The lowest BCUT2D eigenvalue weighted by atomic mass is 10.2. The topological polar surface area (TPSA) is 69.2 Å². The maximum atomic E-state index is 12.4. The fourth-order valence-corrected chi connectivity index (χ4v) is 3.09. The van der Waals surface area contributed by atoms with E-state index < -0.39 is 9.84 Å². The van der Waals surface area contributed by atoms with Crippen molar-refractivity contribution in [3.8, 4) is 5.88 Å². The van der Waals surface area contributed by atoms with E-state index in [9.17, 15) is 8.42 Å². The van der Waals surface area contributed by atoms with Gasteiger partial charge in [-0.15, -0.1) is 5.10 Å². The van der Waals surface area contributed by atoms with E-state index in [1.165, 1.54) is 6.20 Å². The predicted octanol–water partition coefficient (Wildman–Crippen LogP) is 2.16. The standard InChI is InChI=1S/C14H16N2O3S/c1-3-19-14-12(8-9-15-16-14)10-20(17,18)13-6-4-11(2)5-7-13/h4-9H,3,10H2,1-2H3. The van der Waals surface area contributed by atoms with Crippen LogP contribution in [0, 0.1) is 6.92 Å². The van der Waals surface area contributed by atoms with E-state index in [2.05, 4.69) is 10.2 Å². The normalized spacial score (nSPS) is 11.3. The quantitative estimate of drug-likeness (QED) is 0.844. The lowest BCUT2D eigenvalue weighted by Crippen LogP contribution is -2.08. The van der Waals surface area contributed by atoms with Crippen LogP contribution < -0.4 is 4.74 Å². The Morgan fingerprint density at radius 2 is 1.85 bits per heavy atom. The molecule has 0 spiro atoms. The average molecular weight is 292 g/mol. The van der Waals surface area contributed by atoms with Gasteiger partial charge in [-0.3, -0.25) is 0 Å². The molecule has 1 aromatic carbocycles. The van der Waals surface area contributed by atoms with Gasteiger partial charge < -0.3 is 4.74 Å². The summed E-state index contributed by atoms with van der Waals surface area (Å²) in [5.41, 5.74) is 1.53. The van der Waals surface area contributed by atoms with E-state index in [4.69, 9.17) is 4.74 Å². The zero-order valence-corrected chi connectivity index (χ0v) is 12.2. The van der Waals surface area contributed by atoms with Crippen LogP contribution in [0.25, 0.3) is 0 Å². The number of sulfone groups is 1. The molecule has 1 heterocycles. The van der Waals surface area contributed by atoms with Crippen LogP contribution in [0.1, 0.15) is 18.1 Å². The highest BCUT2D eigenvalue weighted by Crippen LogP contribution is 2.21. The average Bonchev–Trinajstić information content (AvgIpc) is 2.41. The second-order valence-corrected chi connectivity index (χ2v) is 6.36. The first kappa shape index (κ1) is 14.5. The van der Waals surface area contributed by atoms with Crippen LogP contribution in [-0.2, 0) is 15.6 Å². The molecule has 0 radical (unpaired) electrons. The third-order valence-corrected chi connectivity index (χ3v) is 4.45. The van der Waals surface area contributed by atoms with Gasteiger partial charge in [0.2, 0.25) is 5.88 Å². The van der Waals surface area contributed by atoms with E-state index in [-0.39, 0.29) is 11.6 Å². The minimum atomic E-state index is -3.42. The summed E-state index contributed by atoms with van der Waals surface area (Å²) in [5, 5.41) is 7.53. The molecule has 5 nitrogen and oxygen atoms in total. The smallest absolute Gasteiger partial charge is 0.237 e. The molecule has 0 saturated heterocycles. The number of hydrogen-bond acceptors (Lipinski definition) is 5. The molecular weight excluding hydrogens is 276 g/mol. The molecule has 20 heavy (non-hydrogen) atoms. The van der Waals surface area contributed by atoms with Gasteiger partial charge in [0.15, 0.2) is 9.84 Å². The van der Waals surface area contributed by atoms with Gasteiger partial charge in [-0.05, 0) is 32.0 Å². The first-order chi connectivity index (χ1) is 9.53. The first-order valence-corrected chi connectivity index (χ1v) is 7.91. The van der Waals surface area contributed by atoms with Crippen LogP contribution in [0.15, 0.2) is 41.4 Å². The summed E-state index contributed by atoms with van der Waals surface area (Å²) in [6.45, 7) is 4.14. The van der Waals surface area contributed by atoms with Gasteiger partial charge in [0.25, 0.3) is 0 Å². The highest BCUT2D eigenvalue weighted by molar-refractivity contribution is 7.90. The molecule has 0 atom stereocenters. The Morgan fingerprint density at radius 3 is 2.50 bits per heavy atom. The molecule has 0 bridgehead atoms. The Bertz CT molecular complexity index is 682. The van der Waals surface area contributed by atoms with E-state index in [1.807, 2.05) is 13.8 Å². The molecule has 0 N–H and O–H groups in total. The summed E-state index contributed by atoms with van der Waals surface area (Å²) in [7, 11) is -3.42. The minimum Gasteiger partial charge on any atom is -0.477 e. The van der Waals surface area contributed by atoms with E-state index in [1.54, 1.807) is 30.3 Å². The Kier molecular flexibility index (Phi) is 4.34. The monoisotopic (exact) mass is 292 g/mol. The van der Waals surface area contributed by atoms with Gasteiger partial charge in [-0.2, -0.15) is 5.10 Å². The maximum Gasteiger partial charge on any atom is 0.237 e. The van der Waals surface area contributed by atoms with Gasteiger partial charge in [0.05, 0.1) is 23.5 Å². The molecule has 2 rings (SSSR count). The number of nitrogens with zero attached hydrogens (tertiary/aromatic N) is 2. The summed E-state index contributed by atoms with van der Waals surface area (Å²) in [5.74, 6) is 0.117. The molecular formula is C14H16N2O3S. The number of aryl methyl sites for hydroxylation is 1. The van der Waals surface area contributed by atoms with Gasteiger partial charge >= 0.3 is 0 Å². The largest absolute Gasteiger partial charge is 0.477 e. The Hall–Kier alpha value is -1.95. The Balaban J connectivity index is 2.31. The van der Waals surface area contributed by atoms with Crippen LogP contribution in [0.5, 0.6) is 5.88 Å². The van der Waals surface area contributed by atoms with Crippen molar-refractivity contribution in [2.24, 2.45) is 0 Å². The van der Waals surface area contributed by atoms with Gasteiger partial charge in [-0.1, -0.05) is 17.7 Å². The minimum absolute atomic E-state index is 0.152. The second kappa shape index (κ2) is 6.00. The van der Waals surface area contributed by atoms with Crippen molar-refractivity contribution >= 4 is 9.84 Å². The Morgan fingerprint density at radius 1 is 1.15 bits per heavy atom. The van der Waals surface area contributed by atoms with Crippen molar-refractivity contribution in [3.05, 3.63) is 47.7 Å². The number of hydrogen-bond donors (Lipinski definition) is 0. The van der Waals surface area contributed by atoms with Crippen molar-refractivity contribution in [2.45, 2.75) is 24.5 Å². The van der Waals surface area contributed by atoms with Crippen molar-refractivity contribution in [1.82, 2.24) is 10.2 Å². The lowest BCUT2D eigenvalue weighted by molar-refractivity contribution is 0.319. The van der Waals surface area contributed by atoms with E-state index >= 15 is 0 Å². The molecule has 1 aromatic heterocycles. The fourth-order valence-electron chi connectivity index (χ4n) is 1.75. The number of ether oxygens (including phenoxy) is 1. The number of aromatic nitrogens is 2. The third kappa shape index (κ3) is 3.33. The molecule has 0 amide bonds. The maximum absolute atomic E-state index is 12.4. The summed E-state index contributed by atoms with van der Waals surface area (Å²) < 4.78 is 30.0. The van der Waals surface area contributed by atoms with Gasteiger partial charge in [-0.25, -0.2) is 8.42 Å². The molecule has 6 heteroatoms. The van der Waals surface area contributed by atoms with Crippen LogP contribution in [0.2, 0.25) is 0 Å². The number of benzene rings is 1. The highest BCUT2D eigenvalue weighted by Gasteiger charge is 2.18. The Labute approximate surface area is 118 Å².